The molecule has 1 amide bonds. The molecule has 1 aliphatic carbocycles. The highest BCUT2D eigenvalue weighted by Gasteiger charge is 2.27. The van der Waals surface area contributed by atoms with Crippen LogP contribution >= 0.6 is 0 Å². The number of carbonyl (C=O) groups excluding carboxylic acids is 1. The van der Waals surface area contributed by atoms with Crippen molar-refractivity contribution in [2.75, 3.05) is 6.54 Å². The first kappa shape index (κ1) is 28.5. The molecule has 1 fully saturated rings. The van der Waals surface area contributed by atoms with Gasteiger partial charge in [-0.15, -0.1) is 0 Å². The van der Waals surface area contributed by atoms with Crippen molar-refractivity contribution in [2.45, 2.75) is 109 Å². The van der Waals surface area contributed by atoms with Gasteiger partial charge in [-0.1, -0.05) is 66.9 Å². The van der Waals surface area contributed by atoms with Gasteiger partial charge < -0.3 is 10.3 Å². The Hall–Kier alpha value is -2.12. The molecule has 0 spiro atoms. The van der Waals surface area contributed by atoms with Crippen molar-refractivity contribution in [3.8, 4) is 11.3 Å². The number of hydrogen-bond donors (Lipinski definition) is 2. The Morgan fingerprint density at radius 3 is 2.03 bits per heavy atom. The lowest BCUT2D eigenvalue weighted by atomic mass is 9.79. The van der Waals surface area contributed by atoms with E-state index in [1.807, 2.05) is 13.0 Å². The number of nitrogens with one attached hydrogen (secondary N) is 1. The molecular weight excluding hydrogens is 470 g/mol. The van der Waals surface area contributed by atoms with Crippen LogP contribution in [0.4, 0.5) is 0 Å². The normalized spacial score (nSPS) is 15.9. The lowest BCUT2D eigenvalue weighted by molar-refractivity contribution is -0.117. The molecule has 1 aliphatic rings. The van der Waals surface area contributed by atoms with Crippen molar-refractivity contribution >= 4 is 15.9 Å². The minimum Gasteiger partial charge on any atom is -0.370 e. The molecular formula is C29H45N3O3S. The number of nitrogens with two attached hydrogens (primary N) is 1. The quantitative estimate of drug-likeness (QED) is 0.466. The van der Waals surface area contributed by atoms with Gasteiger partial charge in [-0.05, 0) is 71.4 Å². The minimum absolute atomic E-state index is 0.00603. The summed E-state index contributed by atoms with van der Waals surface area (Å²) >= 11 is 0. The van der Waals surface area contributed by atoms with Crippen molar-refractivity contribution < 1.29 is 13.2 Å². The lowest BCUT2D eigenvalue weighted by Gasteiger charge is -2.27. The van der Waals surface area contributed by atoms with Crippen LogP contribution in [-0.2, 0) is 32.2 Å². The molecule has 200 valence electrons. The van der Waals surface area contributed by atoms with Crippen molar-refractivity contribution in [1.29, 1.82) is 0 Å². The van der Waals surface area contributed by atoms with Gasteiger partial charge in [0, 0.05) is 30.9 Å². The second-order valence-electron chi connectivity index (χ2n) is 12.5. The molecule has 1 aromatic carbocycles. The van der Waals surface area contributed by atoms with E-state index in [4.69, 9.17) is 5.73 Å². The topological polar surface area (TPSA) is 94.2 Å². The van der Waals surface area contributed by atoms with Crippen molar-refractivity contribution in [2.24, 2.45) is 11.7 Å². The van der Waals surface area contributed by atoms with E-state index in [0.717, 1.165) is 23.5 Å². The second-order valence-corrected chi connectivity index (χ2v) is 14.2. The van der Waals surface area contributed by atoms with Gasteiger partial charge in [-0.2, -0.15) is 0 Å². The Morgan fingerprint density at radius 2 is 1.53 bits per heavy atom. The van der Waals surface area contributed by atoms with E-state index in [1.165, 1.54) is 43.2 Å². The number of nitrogens with zero attached hydrogens (tertiary/aromatic N) is 1. The number of aromatic nitrogens is 1. The molecule has 1 saturated carbocycles. The van der Waals surface area contributed by atoms with Gasteiger partial charge in [0.05, 0.1) is 0 Å². The van der Waals surface area contributed by atoms with Crippen LogP contribution in [-0.4, -0.2) is 25.4 Å². The first-order chi connectivity index (χ1) is 16.6. The Labute approximate surface area is 218 Å². The molecule has 3 N–H and O–H groups in total. The fourth-order valence-corrected chi connectivity index (χ4v) is 6.31. The molecule has 2 aromatic rings. The van der Waals surface area contributed by atoms with E-state index < -0.39 is 15.9 Å². The number of carbonyl (C=O) groups is 1. The van der Waals surface area contributed by atoms with Gasteiger partial charge in [0.25, 0.3) is 0 Å². The summed E-state index contributed by atoms with van der Waals surface area (Å²) in [6, 6.07) is 8.55. The van der Waals surface area contributed by atoms with Crippen LogP contribution in [0.1, 0.15) is 96.9 Å². The van der Waals surface area contributed by atoms with Gasteiger partial charge in [-0.3, -0.25) is 4.79 Å². The van der Waals surface area contributed by atoms with Crippen LogP contribution in [0.25, 0.3) is 11.3 Å². The number of benzene rings is 1. The molecule has 36 heavy (non-hydrogen) atoms. The summed E-state index contributed by atoms with van der Waals surface area (Å²) in [6.45, 7) is 16.0. The Kier molecular flexibility index (Phi) is 8.46. The van der Waals surface area contributed by atoms with E-state index in [0.29, 0.717) is 5.92 Å². The van der Waals surface area contributed by atoms with Crippen LogP contribution in [0.3, 0.4) is 0 Å². The predicted octanol–water partition coefficient (Wildman–Crippen LogP) is 5.79. The molecule has 0 atom stereocenters. The fraction of sp³-hybridized carbons (Fsp3) is 0.621. The molecule has 0 unspecified atom stereocenters. The van der Waals surface area contributed by atoms with Crippen LogP contribution in [0.5, 0.6) is 0 Å². The maximum atomic E-state index is 13.3. The first-order valence-corrected chi connectivity index (χ1v) is 14.7. The SMILES string of the molecule is Cc1c(S(=O)(=O)NCCC(N)=O)cc(-c2cc(C(C)(C)C)cc(C(C)(C)C)c2)n1CC1CCCCC1. The first-order valence-electron chi connectivity index (χ1n) is 13.2. The fourth-order valence-electron chi connectivity index (χ4n) is 5.02. The molecule has 0 radical (unpaired) electrons. The Balaban J connectivity index is 2.18. The molecule has 7 heteroatoms. The average Bonchev–Trinajstić information content (AvgIpc) is 3.09. The molecule has 0 saturated heterocycles. The summed E-state index contributed by atoms with van der Waals surface area (Å²) < 4.78 is 31.4. The zero-order valence-electron chi connectivity index (χ0n) is 23.2. The van der Waals surface area contributed by atoms with Gasteiger partial charge in [-0.25, -0.2) is 13.1 Å². The lowest BCUT2D eigenvalue weighted by Crippen LogP contribution is -2.28. The van der Waals surface area contributed by atoms with E-state index in [1.54, 1.807) is 0 Å². The number of sulfonamides is 1. The largest absolute Gasteiger partial charge is 0.370 e. The summed E-state index contributed by atoms with van der Waals surface area (Å²) in [6.07, 6.45) is 6.05. The summed E-state index contributed by atoms with van der Waals surface area (Å²) in [5.41, 5.74) is 10.3. The van der Waals surface area contributed by atoms with Gasteiger partial charge in [0.15, 0.2) is 0 Å². The number of primary amides is 1. The highest BCUT2D eigenvalue weighted by molar-refractivity contribution is 7.89. The number of hydrogen-bond acceptors (Lipinski definition) is 3. The molecule has 1 heterocycles. The van der Waals surface area contributed by atoms with Crippen molar-refractivity contribution in [3.05, 3.63) is 41.1 Å². The van der Waals surface area contributed by atoms with Gasteiger partial charge >= 0.3 is 0 Å². The monoisotopic (exact) mass is 515 g/mol. The molecule has 0 aliphatic heterocycles. The summed E-state index contributed by atoms with van der Waals surface area (Å²) in [5, 5.41) is 0. The molecule has 3 rings (SSSR count). The zero-order valence-corrected chi connectivity index (χ0v) is 24.0. The van der Waals surface area contributed by atoms with E-state index in [9.17, 15) is 13.2 Å². The van der Waals surface area contributed by atoms with Crippen molar-refractivity contribution in [3.63, 3.8) is 0 Å². The third-order valence-corrected chi connectivity index (χ3v) is 8.98. The van der Waals surface area contributed by atoms with Crippen molar-refractivity contribution in [1.82, 2.24) is 9.29 Å². The predicted molar refractivity (Wildman–Crippen MR) is 148 cm³/mol. The Morgan fingerprint density at radius 1 is 0.972 bits per heavy atom. The van der Waals surface area contributed by atoms with E-state index in [-0.39, 0.29) is 28.7 Å². The highest BCUT2D eigenvalue weighted by atomic mass is 32.2. The second kappa shape index (κ2) is 10.7. The number of amides is 1. The van der Waals surface area contributed by atoms with Gasteiger partial charge in [0.1, 0.15) is 4.90 Å². The van der Waals surface area contributed by atoms with E-state index in [2.05, 4.69) is 69.0 Å². The van der Waals surface area contributed by atoms with Crippen LogP contribution in [0, 0.1) is 12.8 Å². The number of rotatable bonds is 8. The maximum absolute atomic E-state index is 13.3. The minimum atomic E-state index is -3.79. The van der Waals surface area contributed by atoms with Crippen LogP contribution in [0.2, 0.25) is 0 Å². The van der Waals surface area contributed by atoms with Crippen LogP contribution in [0.15, 0.2) is 29.2 Å². The third kappa shape index (κ3) is 6.80. The summed E-state index contributed by atoms with van der Waals surface area (Å²) in [4.78, 5) is 11.4. The maximum Gasteiger partial charge on any atom is 0.242 e. The Bertz CT molecular complexity index is 1160. The van der Waals surface area contributed by atoms with E-state index >= 15 is 0 Å². The molecule has 1 aromatic heterocycles. The van der Waals surface area contributed by atoms with Crippen LogP contribution < -0.4 is 10.5 Å². The zero-order chi connectivity index (χ0) is 26.9. The standard InChI is InChI=1S/C29H45N3O3S/c1-20-26(36(34,35)31-14-13-27(30)33)18-25(32(20)19-21-11-9-8-10-12-21)22-15-23(28(2,3)4)17-24(16-22)29(5,6)7/h15-18,21,31H,8-14,19H2,1-7H3,(H2,30,33). The summed E-state index contributed by atoms with van der Waals surface area (Å²) in [5.74, 6) is 0.00791. The highest BCUT2D eigenvalue weighted by Crippen LogP contribution is 2.37. The average molecular weight is 516 g/mol. The van der Waals surface area contributed by atoms with Gasteiger partial charge in [0.2, 0.25) is 15.9 Å². The third-order valence-electron chi connectivity index (χ3n) is 7.40. The smallest absolute Gasteiger partial charge is 0.242 e. The summed E-state index contributed by atoms with van der Waals surface area (Å²) in [7, 11) is -3.79. The molecule has 6 nitrogen and oxygen atoms in total. The molecule has 0 bridgehead atoms.